The first-order chi connectivity index (χ1) is 10.0. The van der Waals surface area contributed by atoms with Gasteiger partial charge in [0.05, 0.1) is 33.9 Å². The van der Waals surface area contributed by atoms with E-state index < -0.39 is 0 Å². The molecule has 6 heteroatoms. The predicted molar refractivity (Wildman–Crippen MR) is 93.7 cm³/mol. The van der Waals surface area contributed by atoms with Gasteiger partial charge in [0, 0.05) is 12.6 Å². The number of halogens is 3. The lowest BCUT2D eigenvalue weighted by molar-refractivity contribution is 0.409. The van der Waals surface area contributed by atoms with Crippen LogP contribution in [0.5, 0.6) is 11.5 Å². The Morgan fingerprint density at radius 1 is 1.05 bits per heavy atom. The number of methoxy groups -OCH3 is 2. The Bertz CT molecular complexity index is 627. The third-order valence-electron chi connectivity index (χ3n) is 2.92. The summed E-state index contributed by atoms with van der Waals surface area (Å²) in [5.74, 6) is 1.54. The molecule has 0 bridgehead atoms. The topological polar surface area (TPSA) is 30.5 Å². The van der Waals surface area contributed by atoms with Gasteiger partial charge >= 0.3 is 0 Å². The number of anilines is 1. The van der Waals surface area contributed by atoms with Crippen LogP contribution in [-0.2, 0) is 6.54 Å². The fourth-order valence-corrected chi connectivity index (χ4v) is 3.66. The van der Waals surface area contributed by atoms with Crippen LogP contribution in [0.2, 0.25) is 5.02 Å². The zero-order valence-corrected chi connectivity index (χ0v) is 15.5. The molecule has 0 aromatic heterocycles. The first kappa shape index (κ1) is 16.5. The maximum absolute atomic E-state index is 6.17. The van der Waals surface area contributed by atoms with E-state index in [1.807, 2.05) is 30.3 Å². The molecule has 112 valence electrons. The van der Waals surface area contributed by atoms with Gasteiger partial charge in [0.15, 0.2) is 0 Å². The minimum Gasteiger partial charge on any atom is -0.497 e. The highest BCUT2D eigenvalue weighted by molar-refractivity contribution is 9.11. The predicted octanol–water partition coefficient (Wildman–Crippen LogP) is 5.49. The SMILES string of the molecule is COc1ccc(Cl)c(NCc2cc(Br)c(OC)c(Br)c2)c1. The molecule has 0 spiro atoms. The minimum atomic E-state index is 0.633. The van der Waals surface area contributed by atoms with Crippen molar-refractivity contribution in [3.8, 4) is 11.5 Å². The maximum Gasteiger partial charge on any atom is 0.147 e. The van der Waals surface area contributed by atoms with Crippen molar-refractivity contribution in [1.29, 1.82) is 0 Å². The molecule has 21 heavy (non-hydrogen) atoms. The van der Waals surface area contributed by atoms with Gasteiger partial charge in [-0.3, -0.25) is 0 Å². The second-order valence-electron chi connectivity index (χ2n) is 4.29. The molecule has 0 aliphatic rings. The highest BCUT2D eigenvalue weighted by Gasteiger charge is 2.08. The zero-order chi connectivity index (χ0) is 15.4. The third-order valence-corrected chi connectivity index (χ3v) is 4.43. The first-order valence-corrected chi connectivity index (χ1v) is 8.11. The summed E-state index contributed by atoms with van der Waals surface area (Å²) in [6.07, 6.45) is 0. The molecule has 1 N–H and O–H groups in total. The number of benzene rings is 2. The van der Waals surface area contributed by atoms with Crippen LogP contribution < -0.4 is 14.8 Å². The first-order valence-electron chi connectivity index (χ1n) is 6.14. The number of nitrogens with one attached hydrogen (secondary N) is 1. The van der Waals surface area contributed by atoms with Crippen LogP contribution in [0.3, 0.4) is 0 Å². The smallest absolute Gasteiger partial charge is 0.147 e. The van der Waals surface area contributed by atoms with Crippen LogP contribution in [0.15, 0.2) is 39.3 Å². The summed E-state index contributed by atoms with van der Waals surface area (Å²) in [6, 6.07) is 9.52. The molecule has 0 fully saturated rings. The number of hydrogen-bond donors (Lipinski definition) is 1. The highest BCUT2D eigenvalue weighted by Crippen LogP contribution is 2.35. The Morgan fingerprint density at radius 3 is 2.29 bits per heavy atom. The Kier molecular flexibility index (Phi) is 5.79. The van der Waals surface area contributed by atoms with Crippen molar-refractivity contribution in [2.75, 3.05) is 19.5 Å². The van der Waals surface area contributed by atoms with Gasteiger partial charge in [0.25, 0.3) is 0 Å². The van der Waals surface area contributed by atoms with Crippen LogP contribution in [0, 0.1) is 0 Å². The summed E-state index contributed by atoms with van der Waals surface area (Å²) in [5.41, 5.74) is 1.92. The van der Waals surface area contributed by atoms with Crippen molar-refractivity contribution in [1.82, 2.24) is 0 Å². The molecule has 2 aromatic carbocycles. The van der Waals surface area contributed by atoms with E-state index in [9.17, 15) is 0 Å². The molecule has 0 aliphatic carbocycles. The standard InChI is InChI=1S/C15H14Br2ClNO2/c1-20-10-3-4-13(18)14(7-10)19-8-9-5-11(16)15(21-2)12(17)6-9/h3-7,19H,8H2,1-2H3. The second-order valence-corrected chi connectivity index (χ2v) is 6.41. The quantitative estimate of drug-likeness (QED) is 0.673. The van der Waals surface area contributed by atoms with Crippen LogP contribution in [0.1, 0.15) is 5.56 Å². The van der Waals surface area contributed by atoms with E-state index in [0.717, 1.165) is 31.7 Å². The maximum atomic E-state index is 6.17. The largest absolute Gasteiger partial charge is 0.497 e. The summed E-state index contributed by atoms with van der Waals surface area (Å²) >= 11 is 13.2. The lowest BCUT2D eigenvalue weighted by atomic mass is 10.2. The summed E-state index contributed by atoms with van der Waals surface area (Å²) in [5, 5.41) is 3.96. The fourth-order valence-electron chi connectivity index (χ4n) is 1.87. The van der Waals surface area contributed by atoms with Crippen LogP contribution in [0.4, 0.5) is 5.69 Å². The second kappa shape index (κ2) is 7.38. The van der Waals surface area contributed by atoms with Crippen molar-refractivity contribution in [2.45, 2.75) is 6.54 Å². The van der Waals surface area contributed by atoms with Crippen molar-refractivity contribution in [3.05, 3.63) is 49.9 Å². The molecule has 0 heterocycles. The third kappa shape index (κ3) is 4.05. The normalized spacial score (nSPS) is 10.3. The van der Waals surface area contributed by atoms with Gasteiger partial charge in [-0.15, -0.1) is 0 Å². The number of hydrogen-bond acceptors (Lipinski definition) is 3. The monoisotopic (exact) mass is 433 g/mol. The summed E-state index contributed by atoms with van der Waals surface area (Å²) in [7, 11) is 3.27. The molecule has 0 amide bonds. The summed E-state index contributed by atoms with van der Waals surface area (Å²) in [4.78, 5) is 0. The average molecular weight is 436 g/mol. The van der Waals surface area contributed by atoms with Gasteiger partial charge in [-0.2, -0.15) is 0 Å². The van der Waals surface area contributed by atoms with E-state index in [1.165, 1.54) is 0 Å². The molecule has 2 aromatic rings. The van der Waals surface area contributed by atoms with Gasteiger partial charge in [0.2, 0.25) is 0 Å². The number of ether oxygens (including phenoxy) is 2. The number of rotatable bonds is 5. The Balaban J connectivity index is 2.17. The van der Waals surface area contributed by atoms with Gasteiger partial charge in [-0.05, 0) is 61.7 Å². The van der Waals surface area contributed by atoms with Crippen molar-refractivity contribution in [2.24, 2.45) is 0 Å². The lowest BCUT2D eigenvalue weighted by Crippen LogP contribution is -2.01. The zero-order valence-electron chi connectivity index (χ0n) is 11.5. The van der Waals surface area contributed by atoms with E-state index in [0.29, 0.717) is 11.6 Å². The molecule has 0 atom stereocenters. The van der Waals surface area contributed by atoms with Crippen LogP contribution in [-0.4, -0.2) is 14.2 Å². The van der Waals surface area contributed by atoms with Gasteiger partial charge in [-0.1, -0.05) is 11.6 Å². The van der Waals surface area contributed by atoms with Crippen LogP contribution >= 0.6 is 43.5 Å². The van der Waals surface area contributed by atoms with E-state index in [4.69, 9.17) is 21.1 Å². The van der Waals surface area contributed by atoms with E-state index >= 15 is 0 Å². The van der Waals surface area contributed by atoms with Gasteiger partial charge < -0.3 is 14.8 Å². The summed E-state index contributed by atoms with van der Waals surface area (Å²) < 4.78 is 12.3. The van der Waals surface area contributed by atoms with Gasteiger partial charge in [-0.25, -0.2) is 0 Å². The fraction of sp³-hybridized carbons (Fsp3) is 0.200. The summed E-state index contributed by atoms with van der Waals surface area (Å²) in [6.45, 7) is 0.633. The van der Waals surface area contributed by atoms with Gasteiger partial charge in [0.1, 0.15) is 11.5 Å². The van der Waals surface area contributed by atoms with Crippen molar-refractivity contribution < 1.29 is 9.47 Å². The average Bonchev–Trinajstić information content (AvgIpc) is 2.46. The van der Waals surface area contributed by atoms with Crippen LogP contribution in [0.25, 0.3) is 0 Å². The molecular formula is C15H14Br2ClNO2. The van der Waals surface area contributed by atoms with E-state index in [2.05, 4.69) is 37.2 Å². The molecule has 0 unspecified atom stereocenters. The Morgan fingerprint density at radius 2 is 1.71 bits per heavy atom. The highest BCUT2D eigenvalue weighted by atomic mass is 79.9. The minimum absolute atomic E-state index is 0.633. The molecule has 3 nitrogen and oxygen atoms in total. The van der Waals surface area contributed by atoms with E-state index in [1.54, 1.807) is 14.2 Å². The molecule has 0 saturated heterocycles. The molecule has 2 rings (SSSR count). The Labute approximate surface area is 145 Å². The lowest BCUT2D eigenvalue weighted by Gasteiger charge is -2.12. The molecule has 0 aliphatic heterocycles. The van der Waals surface area contributed by atoms with E-state index in [-0.39, 0.29) is 0 Å². The molecule has 0 radical (unpaired) electrons. The molecular weight excluding hydrogens is 421 g/mol. The van der Waals surface area contributed by atoms with Crippen molar-refractivity contribution >= 4 is 49.1 Å². The molecule has 0 saturated carbocycles. The Hall–Kier alpha value is -0.910. The van der Waals surface area contributed by atoms with Crippen molar-refractivity contribution in [3.63, 3.8) is 0 Å².